The van der Waals surface area contributed by atoms with Gasteiger partial charge in [0.15, 0.2) is 12.5 Å². The van der Waals surface area contributed by atoms with Gasteiger partial charge in [-0.05, 0) is 45.0 Å². The topological polar surface area (TPSA) is 129 Å². The van der Waals surface area contributed by atoms with E-state index in [1.54, 1.807) is 11.0 Å². The van der Waals surface area contributed by atoms with Crippen LogP contribution in [0.2, 0.25) is 0 Å². The molecule has 2 fully saturated rings. The molecule has 202 valence electrons. The summed E-state index contributed by atoms with van der Waals surface area (Å²) in [6.45, 7) is 6.25. The summed E-state index contributed by atoms with van der Waals surface area (Å²) >= 11 is 0. The second-order valence-corrected chi connectivity index (χ2v) is 11.0. The van der Waals surface area contributed by atoms with E-state index in [1.807, 2.05) is 39.0 Å². The van der Waals surface area contributed by atoms with Gasteiger partial charge in [-0.2, -0.15) is 0 Å². The molecule has 2 amide bonds. The van der Waals surface area contributed by atoms with Gasteiger partial charge in [0.1, 0.15) is 22.8 Å². The maximum Gasteiger partial charge on any atom is 0.410 e. The first-order chi connectivity index (χ1) is 18.6. The van der Waals surface area contributed by atoms with E-state index in [1.165, 1.54) is 18.2 Å². The monoisotopic (exact) mass is 533 g/mol. The highest BCUT2D eigenvalue weighted by Gasteiger charge is 2.58. The summed E-state index contributed by atoms with van der Waals surface area (Å²) < 4.78 is 19.4. The molecule has 2 aliphatic heterocycles. The number of aliphatic imine (C=N–C) groups is 1. The molecule has 3 heterocycles. The summed E-state index contributed by atoms with van der Waals surface area (Å²) in [6.07, 6.45) is -0.336. The maximum atomic E-state index is 14.0. The van der Waals surface area contributed by atoms with Gasteiger partial charge in [-0.3, -0.25) is 4.79 Å². The zero-order chi connectivity index (χ0) is 27.5. The largest absolute Gasteiger partial charge is 0.494 e. The Labute approximate surface area is 223 Å². The summed E-state index contributed by atoms with van der Waals surface area (Å²) in [4.78, 5) is 39.4. The minimum absolute atomic E-state index is 0.0187. The summed E-state index contributed by atoms with van der Waals surface area (Å²) in [6, 6.07) is 11.4. The Kier molecular flexibility index (Phi) is 5.81. The highest BCUT2D eigenvalue weighted by atomic mass is 19.1. The van der Waals surface area contributed by atoms with Gasteiger partial charge >= 0.3 is 6.09 Å². The van der Waals surface area contributed by atoms with Crippen molar-refractivity contribution in [3.8, 4) is 5.88 Å². The Bertz CT molecular complexity index is 1540. The third-order valence-corrected chi connectivity index (χ3v) is 7.12. The molecule has 1 aromatic heterocycles. The molecule has 3 aromatic rings. The predicted molar refractivity (Wildman–Crippen MR) is 142 cm³/mol. The van der Waals surface area contributed by atoms with Crippen LogP contribution in [0.1, 0.15) is 31.9 Å². The number of H-pyrrole nitrogens is 1. The zero-order valence-corrected chi connectivity index (χ0v) is 21.7. The van der Waals surface area contributed by atoms with Crippen LogP contribution >= 0.6 is 0 Å². The highest BCUT2D eigenvalue weighted by molar-refractivity contribution is 6.58. The van der Waals surface area contributed by atoms with Gasteiger partial charge in [0.25, 0.3) is 5.91 Å². The fraction of sp³-hybridized carbons (Fsp3) is 0.357. The SMILES string of the molecule is CC(C)(C)OC(=O)N1CC2C(C1)C2NC(=O)CON=C1C(c2c(O)[nH]c3ccc(F)cc23)=Nc2ccccc21. The lowest BCUT2D eigenvalue weighted by atomic mass is 10.0. The van der Waals surface area contributed by atoms with Crippen molar-refractivity contribution in [1.82, 2.24) is 15.2 Å². The van der Waals surface area contributed by atoms with E-state index in [0.29, 0.717) is 52.2 Å². The van der Waals surface area contributed by atoms with Gasteiger partial charge in [0, 0.05) is 47.4 Å². The summed E-state index contributed by atoms with van der Waals surface area (Å²) in [7, 11) is 0. The number of nitrogens with one attached hydrogen (secondary N) is 2. The second-order valence-electron chi connectivity index (χ2n) is 11.0. The zero-order valence-electron chi connectivity index (χ0n) is 21.7. The van der Waals surface area contributed by atoms with Crippen LogP contribution in [0.3, 0.4) is 0 Å². The molecule has 2 unspecified atom stereocenters. The number of fused-ring (bicyclic) bond motifs is 3. The number of benzene rings is 2. The molecule has 1 saturated carbocycles. The number of hydrogen-bond donors (Lipinski definition) is 3. The van der Waals surface area contributed by atoms with Crippen LogP contribution in [0.15, 0.2) is 52.6 Å². The Balaban J connectivity index is 1.12. The number of aromatic nitrogens is 1. The molecule has 3 N–H and O–H groups in total. The van der Waals surface area contributed by atoms with Gasteiger partial charge in [-0.1, -0.05) is 23.4 Å². The number of halogens is 1. The van der Waals surface area contributed by atoms with Crippen LogP contribution < -0.4 is 5.32 Å². The van der Waals surface area contributed by atoms with Crippen molar-refractivity contribution in [3.63, 3.8) is 0 Å². The lowest BCUT2D eigenvalue weighted by Crippen LogP contribution is -2.40. The van der Waals surface area contributed by atoms with E-state index < -0.39 is 11.4 Å². The number of rotatable bonds is 5. The van der Waals surface area contributed by atoms with Crippen molar-refractivity contribution in [3.05, 3.63) is 59.4 Å². The Morgan fingerprint density at radius 2 is 1.95 bits per heavy atom. The average molecular weight is 534 g/mol. The van der Waals surface area contributed by atoms with E-state index in [4.69, 9.17) is 9.57 Å². The molecule has 39 heavy (non-hydrogen) atoms. The highest BCUT2D eigenvalue weighted by Crippen LogP contribution is 2.45. The Morgan fingerprint density at radius 3 is 2.69 bits per heavy atom. The summed E-state index contributed by atoms with van der Waals surface area (Å²) in [5.41, 5.74) is 2.21. The third kappa shape index (κ3) is 4.68. The molecule has 0 bridgehead atoms. The van der Waals surface area contributed by atoms with Crippen molar-refractivity contribution in [2.75, 3.05) is 19.7 Å². The molecule has 6 rings (SSSR count). The third-order valence-electron chi connectivity index (χ3n) is 7.12. The molecular weight excluding hydrogens is 505 g/mol. The van der Waals surface area contributed by atoms with Crippen molar-refractivity contribution in [1.29, 1.82) is 0 Å². The van der Waals surface area contributed by atoms with Crippen LogP contribution in [0.4, 0.5) is 14.9 Å². The molecule has 10 nitrogen and oxygen atoms in total. The summed E-state index contributed by atoms with van der Waals surface area (Å²) in [5, 5.41) is 18.3. The fourth-order valence-corrected chi connectivity index (χ4v) is 5.33. The quantitative estimate of drug-likeness (QED) is 0.429. The number of piperidine rings is 1. The van der Waals surface area contributed by atoms with Crippen molar-refractivity contribution in [2.45, 2.75) is 32.4 Å². The minimum Gasteiger partial charge on any atom is -0.494 e. The normalized spacial score (nSPS) is 22.5. The molecule has 2 atom stereocenters. The Hall–Kier alpha value is -4.41. The number of hydrogen-bond acceptors (Lipinski definition) is 7. The van der Waals surface area contributed by atoms with E-state index >= 15 is 0 Å². The lowest BCUT2D eigenvalue weighted by molar-refractivity contribution is -0.126. The van der Waals surface area contributed by atoms with Gasteiger partial charge in [0.2, 0.25) is 0 Å². The second kappa shape index (κ2) is 9.11. The van der Waals surface area contributed by atoms with E-state index in [0.717, 1.165) is 0 Å². The molecule has 3 aliphatic rings. The molecule has 2 aromatic carbocycles. The van der Waals surface area contributed by atoms with E-state index in [9.17, 15) is 19.1 Å². The number of ether oxygens (including phenoxy) is 1. The molecule has 11 heteroatoms. The first-order valence-corrected chi connectivity index (χ1v) is 12.8. The molecular formula is C28H28FN5O5. The van der Waals surface area contributed by atoms with Crippen LogP contribution in [-0.4, -0.2) is 69.8 Å². The number of aromatic hydroxyl groups is 1. The Morgan fingerprint density at radius 1 is 1.21 bits per heavy atom. The molecule has 0 radical (unpaired) electrons. The van der Waals surface area contributed by atoms with Crippen LogP contribution in [0, 0.1) is 17.7 Å². The number of nitrogens with zero attached hydrogens (tertiary/aromatic N) is 3. The maximum absolute atomic E-state index is 14.0. The number of carbonyl (C=O) groups is 2. The van der Waals surface area contributed by atoms with E-state index in [-0.39, 0.29) is 42.4 Å². The van der Waals surface area contributed by atoms with E-state index in [2.05, 4.69) is 20.4 Å². The van der Waals surface area contributed by atoms with Crippen LogP contribution in [0.25, 0.3) is 10.9 Å². The average Bonchev–Trinajstić information content (AvgIpc) is 3.22. The summed E-state index contributed by atoms with van der Waals surface area (Å²) in [5.74, 6) is -0.570. The standard InChI is InChI=1S/C28H28FN5O5/c1-28(2,3)39-27(37)34-11-17-18(12-34)23(17)32-21(35)13-38-33-24-15-6-4-5-7-19(15)30-25(24)22-16-10-14(29)8-9-20(16)31-26(22)36/h4-10,17-18,23,31,36H,11-13H2,1-3H3,(H,32,35). The van der Waals surface area contributed by atoms with Gasteiger partial charge in [-0.25, -0.2) is 14.2 Å². The fourth-order valence-electron chi connectivity index (χ4n) is 5.33. The number of likely N-dealkylation sites (tertiary alicyclic amines) is 1. The smallest absolute Gasteiger partial charge is 0.410 e. The molecule has 1 aliphatic carbocycles. The van der Waals surface area contributed by atoms with Gasteiger partial charge in [-0.15, -0.1) is 0 Å². The molecule has 0 spiro atoms. The number of oxime groups is 1. The predicted octanol–water partition coefficient (Wildman–Crippen LogP) is 3.85. The van der Waals surface area contributed by atoms with Crippen LogP contribution in [-0.2, 0) is 14.4 Å². The first kappa shape index (κ1) is 24.9. The number of aromatic amines is 1. The van der Waals surface area contributed by atoms with Crippen molar-refractivity contribution >= 4 is 40.0 Å². The van der Waals surface area contributed by atoms with Gasteiger partial charge in [0.05, 0.1) is 11.3 Å². The molecule has 1 saturated heterocycles. The van der Waals surface area contributed by atoms with Crippen molar-refractivity contribution < 1.29 is 28.7 Å². The first-order valence-electron chi connectivity index (χ1n) is 12.8. The van der Waals surface area contributed by atoms with Crippen molar-refractivity contribution in [2.24, 2.45) is 22.0 Å². The lowest BCUT2D eigenvalue weighted by Gasteiger charge is -2.26. The number of carbonyl (C=O) groups excluding carboxylic acids is 2. The van der Waals surface area contributed by atoms with Crippen LogP contribution in [0.5, 0.6) is 5.88 Å². The van der Waals surface area contributed by atoms with Gasteiger partial charge < -0.3 is 29.9 Å². The number of amides is 2. The number of para-hydroxylation sites is 1. The minimum atomic E-state index is -0.552.